The largest absolute Gasteiger partial charge is 0.444 e. The number of nitrogens with one attached hydrogen (secondary N) is 2. The molecule has 2 atom stereocenters. The Balaban J connectivity index is 2.62. The second kappa shape index (κ2) is 10.0. The Morgan fingerprint density at radius 1 is 1.20 bits per heavy atom. The summed E-state index contributed by atoms with van der Waals surface area (Å²) in [7, 11) is 0. The highest BCUT2D eigenvalue weighted by atomic mass is 16.6. The van der Waals surface area contributed by atoms with E-state index in [0.29, 0.717) is 13.0 Å². The molecule has 25 heavy (non-hydrogen) atoms. The number of aliphatic hydroxyl groups is 1. The van der Waals surface area contributed by atoms with Crippen LogP contribution in [0.5, 0.6) is 0 Å². The van der Waals surface area contributed by atoms with Gasteiger partial charge in [0.15, 0.2) is 6.10 Å². The highest BCUT2D eigenvalue weighted by molar-refractivity contribution is 5.82. The van der Waals surface area contributed by atoms with Crippen molar-refractivity contribution in [3.8, 4) is 0 Å². The molecule has 1 rings (SSSR count). The standard InChI is InChI=1S/C19H30N2O4/c1-5-6-12-15(21-18(24)25-19(2,3)4)16(22)17(23)20-13-14-10-8-7-9-11-14/h7-11,15-16,22H,5-6,12-13H2,1-4H3,(H,20,23)(H,21,24)/t15?,16-/m0/s1. The summed E-state index contributed by atoms with van der Waals surface area (Å²) in [6, 6.07) is 8.75. The van der Waals surface area contributed by atoms with Crippen LogP contribution in [0.3, 0.4) is 0 Å². The first-order chi connectivity index (χ1) is 11.7. The summed E-state index contributed by atoms with van der Waals surface area (Å²) in [4.78, 5) is 24.2. The molecular weight excluding hydrogens is 320 g/mol. The van der Waals surface area contributed by atoms with Crippen LogP contribution < -0.4 is 10.6 Å². The van der Waals surface area contributed by atoms with E-state index in [1.807, 2.05) is 37.3 Å². The minimum atomic E-state index is -1.33. The van der Waals surface area contributed by atoms with Crippen LogP contribution in [-0.4, -0.2) is 34.9 Å². The Kier molecular flexibility index (Phi) is 8.41. The Hall–Kier alpha value is -2.08. The van der Waals surface area contributed by atoms with Gasteiger partial charge in [0.2, 0.25) is 0 Å². The Labute approximate surface area is 150 Å². The fraction of sp³-hybridized carbons (Fsp3) is 0.579. The molecule has 0 heterocycles. The minimum Gasteiger partial charge on any atom is -0.444 e. The van der Waals surface area contributed by atoms with Crippen molar-refractivity contribution in [3.63, 3.8) is 0 Å². The minimum absolute atomic E-state index is 0.323. The van der Waals surface area contributed by atoms with Crippen molar-refractivity contribution in [2.45, 2.75) is 71.2 Å². The van der Waals surface area contributed by atoms with Gasteiger partial charge in [-0.05, 0) is 32.8 Å². The first-order valence-corrected chi connectivity index (χ1v) is 8.72. The van der Waals surface area contributed by atoms with Gasteiger partial charge in [0.25, 0.3) is 5.91 Å². The smallest absolute Gasteiger partial charge is 0.407 e. The summed E-state index contributed by atoms with van der Waals surface area (Å²) in [6.07, 6.45) is 0.204. The molecule has 0 aromatic heterocycles. The van der Waals surface area contributed by atoms with Crippen LogP contribution in [0.15, 0.2) is 30.3 Å². The number of hydrogen-bond acceptors (Lipinski definition) is 4. The third kappa shape index (κ3) is 8.54. The second-order valence-corrected chi connectivity index (χ2v) is 7.04. The zero-order valence-electron chi connectivity index (χ0n) is 15.5. The molecule has 0 saturated carbocycles. The van der Waals surface area contributed by atoms with E-state index in [4.69, 9.17) is 4.74 Å². The number of hydrogen-bond donors (Lipinski definition) is 3. The molecule has 0 fully saturated rings. The lowest BCUT2D eigenvalue weighted by atomic mass is 10.0. The van der Waals surface area contributed by atoms with Gasteiger partial charge in [-0.15, -0.1) is 0 Å². The number of carbonyl (C=O) groups is 2. The summed E-state index contributed by atoms with van der Waals surface area (Å²) < 4.78 is 5.21. The monoisotopic (exact) mass is 350 g/mol. The lowest BCUT2D eigenvalue weighted by molar-refractivity contribution is -0.131. The molecule has 0 bridgehead atoms. The van der Waals surface area contributed by atoms with Crippen LogP contribution in [0.2, 0.25) is 0 Å². The zero-order chi connectivity index (χ0) is 18.9. The molecule has 3 N–H and O–H groups in total. The molecule has 0 aliphatic heterocycles. The highest BCUT2D eigenvalue weighted by Gasteiger charge is 2.28. The van der Waals surface area contributed by atoms with Crippen LogP contribution in [0.1, 0.15) is 52.5 Å². The van der Waals surface area contributed by atoms with Crippen molar-refractivity contribution in [1.82, 2.24) is 10.6 Å². The van der Waals surface area contributed by atoms with E-state index in [2.05, 4.69) is 10.6 Å². The van der Waals surface area contributed by atoms with Crippen LogP contribution in [0, 0.1) is 0 Å². The van der Waals surface area contributed by atoms with Crippen molar-refractivity contribution in [3.05, 3.63) is 35.9 Å². The van der Waals surface area contributed by atoms with Gasteiger partial charge in [0.1, 0.15) is 5.60 Å². The third-order valence-corrected chi connectivity index (χ3v) is 3.53. The summed E-state index contributed by atoms with van der Waals surface area (Å²) in [5, 5.41) is 15.7. The molecule has 2 amide bonds. The van der Waals surface area contributed by atoms with Crippen molar-refractivity contribution < 1.29 is 19.4 Å². The molecule has 1 unspecified atom stereocenters. The van der Waals surface area contributed by atoms with Crippen LogP contribution in [0.4, 0.5) is 4.79 Å². The van der Waals surface area contributed by atoms with Gasteiger partial charge in [-0.3, -0.25) is 4.79 Å². The van der Waals surface area contributed by atoms with Gasteiger partial charge in [-0.25, -0.2) is 4.79 Å². The fourth-order valence-corrected chi connectivity index (χ4v) is 2.26. The normalized spacial score (nSPS) is 13.6. The summed E-state index contributed by atoms with van der Waals surface area (Å²) in [6.45, 7) is 7.61. The van der Waals surface area contributed by atoms with Crippen molar-refractivity contribution >= 4 is 12.0 Å². The third-order valence-electron chi connectivity index (χ3n) is 3.53. The highest BCUT2D eigenvalue weighted by Crippen LogP contribution is 2.10. The summed E-state index contributed by atoms with van der Waals surface area (Å²) in [5.41, 5.74) is 0.299. The molecule has 0 aliphatic carbocycles. The average molecular weight is 350 g/mol. The first kappa shape index (κ1) is 21.0. The topological polar surface area (TPSA) is 87.7 Å². The Bertz CT molecular complexity index is 540. The number of rotatable bonds is 8. The SMILES string of the molecule is CCCCC(NC(=O)OC(C)(C)C)[C@H](O)C(=O)NCc1ccccc1. The van der Waals surface area contributed by atoms with Gasteiger partial charge in [-0.1, -0.05) is 50.1 Å². The van der Waals surface area contributed by atoms with Gasteiger partial charge in [0, 0.05) is 6.54 Å². The molecule has 1 aromatic carbocycles. The van der Waals surface area contributed by atoms with Crippen molar-refractivity contribution in [2.75, 3.05) is 0 Å². The molecular formula is C19H30N2O4. The van der Waals surface area contributed by atoms with E-state index < -0.39 is 29.7 Å². The van der Waals surface area contributed by atoms with Crippen molar-refractivity contribution in [2.24, 2.45) is 0 Å². The Morgan fingerprint density at radius 3 is 2.40 bits per heavy atom. The predicted molar refractivity (Wildman–Crippen MR) is 97.0 cm³/mol. The van der Waals surface area contributed by atoms with Gasteiger partial charge in [0.05, 0.1) is 6.04 Å². The average Bonchev–Trinajstić information content (AvgIpc) is 2.55. The van der Waals surface area contributed by atoms with Crippen LogP contribution in [0.25, 0.3) is 0 Å². The maximum absolute atomic E-state index is 12.2. The van der Waals surface area contributed by atoms with Crippen LogP contribution in [-0.2, 0) is 16.1 Å². The number of benzene rings is 1. The van der Waals surface area contributed by atoms with E-state index >= 15 is 0 Å². The predicted octanol–water partition coefficient (Wildman–Crippen LogP) is 2.75. The number of aliphatic hydroxyl groups excluding tert-OH is 1. The van der Waals surface area contributed by atoms with Gasteiger partial charge >= 0.3 is 6.09 Å². The summed E-state index contributed by atoms with van der Waals surface area (Å²) >= 11 is 0. The lowest BCUT2D eigenvalue weighted by Gasteiger charge is -2.26. The van der Waals surface area contributed by atoms with E-state index in [9.17, 15) is 14.7 Å². The molecule has 0 aliphatic rings. The number of carbonyl (C=O) groups excluding carboxylic acids is 2. The van der Waals surface area contributed by atoms with Crippen LogP contribution >= 0.6 is 0 Å². The maximum atomic E-state index is 12.2. The number of amides is 2. The molecule has 140 valence electrons. The van der Waals surface area contributed by atoms with Gasteiger partial charge < -0.3 is 20.5 Å². The fourth-order valence-electron chi connectivity index (χ4n) is 2.26. The number of alkyl carbamates (subject to hydrolysis) is 1. The molecule has 0 spiro atoms. The second-order valence-electron chi connectivity index (χ2n) is 7.04. The lowest BCUT2D eigenvalue weighted by Crippen LogP contribution is -2.51. The first-order valence-electron chi connectivity index (χ1n) is 8.72. The maximum Gasteiger partial charge on any atom is 0.407 e. The quantitative estimate of drug-likeness (QED) is 0.673. The van der Waals surface area contributed by atoms with E-state index in [-0.39, 0.29) is 0 Å². The Morgan fingerprint density at radius 2 is 1.84 bits per heavy atom. The zero-order valence-corrected chi connectivity index (χ0v) is 15.5. The number of unbranched alkanes of at least 4 members (excludes halogenated alkanes) is 1. The molecule has 1 aromatic rings. The number of ether oxygens (including phenoxy) is 1. The van der Waals surface area contributed by atoms with E-state index in [1.165, 1.54) is 0 Å². The summed E-state index contributed by atoms with van der Waals surface area (Å²) in [5.74, 6) is -0.513. The molecule has 6 heteroatoms. The van der Waals surface area contributed by atoms with E-state index in [1.54, 1.807) is 20.8 Å². The van der Waals surface area contributed by atoms with Gasteiger partial charge in [-0.2, -0.15) is 0 Å². The molecule has 6 nitrogen and oxygen atoms in total. The molecule has 0 saturated heterocycles. The van der Waals surface area contributed by atoms with E-state index in [0.717, 1.165) is 18.4 Å². The van der Waals surface area contributed by atoms with Crippen molar-refractivity contribution in [1.29, 1.82) is 0 Å². The molecule has 0 radical (unpaired) electrons.